The van der Waals surface area contributed by atoms with E-state index in [1.165, 1.54) is 16.8 Å². The zero-order chi connectivity index (χ0) is 21.1. The van der Waals surface area contributed by atoms with Crippen molar-refractivity contribution in [2.24, 2.45) is 0 Å². The fourth-order valence-corrected chi connectivity index (χ4v) is 5.05. The number of fused-ring (bicyclic) bond motifs is 2. The number of aliphatic hydroxyl groups excluding tert-OH is 1. The van der Waals surface area contributed by atoms with Crippen LogP contribution in [-0.4, -0.2) is 51.2 Å². The van der Waals surface area contributed by atoms with E-state index in [1.807, 2.05) is 30.6 Å². The summed E-state index contributed by atoms with van der Waals surface area (Å²) in [7, 11) is 0. The van der Waals surface area contributed by atoms with E-state index in [9.17, 15) is 5.11 Å². The molecule has 1 fully saturated rings. The molecule has 3 heterocycles. The second kappa shape index (κ2) is 8.73. The number of piperidine rings is 1. The van der Waals surface area contributed by atoms with Gasteiger partial charge in [-0.05, 0) is 56.5 Å². The van der Waals surface area contributed by atoms with Gasteiger partial charge in [0.05, 0.1) is 12.3 Å². The maximum Gasteiger partial charge on any atom is 0.161 e. The second-order valence-electron chi connectivity index (χ2n) is 8.65. The van der Waals surface area contributed by atoms with Crippen LogP contribution in [0.1, 0.15) is 36.1 Å². The molecule has 2 aliphatic rings. The molecule has 1 spiro atoms. The second-order valence-corrected chi connectivity index (χ2v) is 8.65. The molecule has 6 heteroatoms. The van der Waals surface area contributed by atoms with Gasteiger partial charge >= 0.3 is 0 Å². The average Bonchev–Trinajstić information content (AvgIpc) is 3.18. The van der Waals surface area contributed by atoms with Gasteiger partial charge in [-0.1, -0.05) is 30.3 Å². The Bertz CT molecular complexity index is 1020. The Kier molecular flexibility index (Phi) is 5.66. The molecule has 1 aromatic carbocycles. The summed E-state index contributed by atoms with van der Waals surface area (Å²) in [4.78, 5) is 16.7. The van der Waals surface area contributed by atoms with Crippen molar-refractivity contribution in [1.29, 1.82) is 0 Å². The van der Waals surface area contributed by atoms with E-state index < -0.39 is 0 Å². The molecule has 160 valence electrons. The highest BCUT2D eigenvalue weighted by Gasteiger charge is 2.44. The summed E-state index contributed by atoms with van der Waals surface area (Å²) in [5.41, 5.74) is 4.96. The lowest BCUT2D eigenvalue weighted by atomic mass is 9.76. The SMILES string of the molecule is OCCNc1nc(-c2ccccc2)nc2c1CCC21CCN(Cc2ccncc2)CC1. The van der Waals surface area contributed by atoms with Crippen LogP contribution in [0.2, 0.25) is 0 Å². The standard InChI is InChI=1S/C25H29N5O/c31-17-14-27-24-21-6-9-25(22(21)28-23(29-24)20-4-2-1-3-5-20)10-15-30(16-11-25)18-19-7-12-26-13-8-19/h1-5,7-8,12-13,31H,6,9-11,14-18H2,(H,27,28,29). The fourth-order valence-electron chi connectivity index (χ4n) is 5.05. The minimum atomic E-state index is 0.0918. The molecule has 1 aliphatic carbocycles. The highest BCUT2D eigenvalue weighted by Crippen LogP contribution is 2.47. The van der Waals surface area contributed by atoms with Crippen LogP contribution in [0.4, 0.5) is 5.82 Å². The van der Waals surface area contributed by atoms with Crippen LogP contribution in [-0.2, 0) is 18.4 Å². The molecule has 0 radical (unpaired) electrons. The van der Waals surface area contributed by atoms with Crippen molar-refractivity contribution in [3.05, 3.63) is 71.7 Å². The summed E-state index contributed by atoms with van der Waals surface area (Å²) in [6.07, 6.45) is 8.12. The molecule has 1 aliphatic heterocycles. The maximum absolute atomic E-state index is 9.34. The smallest absolute Gasteiger partial charge is 0.161 e. The quantitative estimate of drug-likeness (QED) is 0.643. The number of aromatic nitrogens is 3. The summed E-state index contributed by atoms with van der Waals surface area (Å²) in [5.74, 6) is 1.68. The van der Waals surface area contributed by atoms with Gasteiger partial charge in [0, 0.05) is 42.0 Å². The molecule has 0 atom stereocenters. The molecule has 5 rings (SSSR count). The van der Waals surface area contributed by atoms with Gasteiger partial charge in [0.2, 0.25) is 0 Å². The third kappa shape index (κ3) is 4.05. The summed E-state index contributed by atoms with van der Waals surface area (Å²) in [6, 6.07) is 14.4. The number of nitrogens with zero attached hydrogens (tertiary/aromatic N) is 4. The minimum absolute atomic E-state index is 0.0918. The van der Waals surface area contributed by atoms with Crippen molar-refractivity contribution >= 4 is 5.82 Å². The number of benzene rings is 1. The van der Waals surface area contributed by atoms with E-state index in [4.69, 9.17) is 9.97 Å². The zero-order valence-electron chi connectivity index (χ0n) is 17.8. The summed E-state index contributed by atoms with van der Waals surface area (Å²) in [6.45, 7) is 3.73. The molecule has 1 saturated heterocycles. The summed E-state index contributed by atoms with van der Waals surface area (Å²) < 4.78 is 0. The highest BCUT2D eigenvalue weighted by atomic mass is 16.3. The lowest BCUT2D eigenvalue weighted by Gasteiger charge is -2.39. The van der Waals surface area contributed by atoms with Crippen LogP contribution in [0, 0.1) is 0 Å². The van der Waals surface area contributed by atoms with Crippen LogP contribution in [0.25, 0.3) is 11.4 Å². The van der Waals surface area contributed by atoms with E-state index in [1.54, 1.807) is 0 Å². The Hall–Kier alpha value is -2.83. The molecule has 3 aromatic rings. The number of aliphatic hydroxyl groups is 1. The number of likely N-dealkylation sites (tertiary alicyclic amines) is 1. The van der Waals surface area contributed by atoms with Crippen molar-refractivity contribution in [2.45, 2.75) is 37.6 Å². The Morgan fingerprint density at radius 2 is 1.74 bits per heavy atom. The van der Waals surface area contributed by atoms with Crippen molar-refractivity contribution in [2.75, 3.05) is 31.6 Å². The van der Waals surface area contributed by atoms with Crippen LogP contribution >= 0.6 is 0 Å². The molecule has 0 unspecified atom stereocenters. The normalized spacial score (nSPS) is 17.6. The first kappa shape index (κ1) is 20.1. The highest BCUT2D eigenvalue weighted by molar-refractivity contribution is 5.62. The first-order chi connectivity index (χ1) is 15.3. The van der Waals surface area contributed by atoms with E-state index in [0.717, 1.165) is 62.5 Å². The van der Waals surface area contributed by atoms with Gasteiger partial charge in [-0.25, -0.2) is 9.97 Å². The molecule has 6 nitrogen and oxygen atoms in total. The maximum atomic E-state index is 9.34. The Labute approximate surface area is 183 Å². The molecule has 0 saturated carbocycles. The van der Waals surface area contributed by atoms with Gasteiger partial charge in [-0.15, -0.1) is 0 Å². The van der Waals surface area contributed by atoms with Crippen molar-refractivity contribution < 1.29 is 5.11 Å². The predicted molar refractivity (Wildman–Crippen MR) is 122 cm³/mol. The monoisotopic (exact) mass is 415 g/mol. The van der Waals surface area contributed by atoms with Crippen LogP contribution in [0.3, 0.4) is 0 Å². The lowest BCUT2D eigenvalue weighted by Crippen LogP contribution is -2.41. The first-order valence-electron chi connectivity index (χ1n) is 11.2. The molecule has 0 amide bonds. The number of anilines is 1. The van der Waals surface area contributed by atoms with E-state index in [-0.39, 0.29) is 12.0 Å². The Morgan fingerprint density at radius 3 is 2.48 bits per heavy atom. The van der Waals surface area contributed by atoms with Gasteiger partial charge in [-0.3, -0.25) is 9.88 Å². The van der Waals surface area contributed by atoms with Gasteiger partial charge in [0.1, 0.15) is 5.82 Å². The van der Waals surface area contributed by atoms with E-state index in [0.29, 0.717) is 6.54 Å². The van der Waals surface area contributed by atoms with Gasteiger partial charge in [0.25, 0.3) is 0 Å². The largest absolute Gasteiger partial charge is 0.395 e. The number of hydrogen-bond donors (Lipinski definition) is 2. The number of pyridine rings is 1. The fraction of sp³-hybridized carbons (Fsp3) is 0.400. The average molecular weight is 416 g/mol. The molecular formula is C25H29N5O. The number of rotatable bonds is 6. The number of nitrogens with one attached hydrogen (secondary N) is 1. The van der Waals surface area contributed by atoms with Crippen molar-refractivity contribution in [1.82, 2.24) is 19.9 Å². The minimum Gasteiger partial charge on any atom is -0.395 e. The first-order valence-corrected chi connectivity index (χ1v) is 11.2. The molecule has 31 heavy (non-hydrogen) atoms. The molecular weight excluding hydrogens is 386 g/mol. The zero-order valence-corrected chi connectivity index (χ0v) is 17.8. The summed E-state index contributed by atoms with van der Waals surface area (Å²) >= 11 is 0. The number of hydrogen-bond acceptors (Lipinski definition) is 6. The predicted octanol–water partition coefficient (Wildman–Crippen LogP) is 3.42. The van der Waals surface area contributed by atoms with Gasteiger partial charge in [0.15, 0.2) is 5.82 Å². The molecule has 2 N–H and O–H groups in total. The Balaban J connectivity index is 1.42. The lowest BCUT2D eigenvalue weighted by molar-refractivity contribution is 0.150. The van der Waals surface area contributed by atoms with Gasteiger partial charge in [-0.2, -0.15) is 0 Å². The van der Waals surface area contributed by atoms with Crippen LogP contribution < -0.4 is 5.32 Å². The van der Waals surface area contributed by atoms with E-state index >= 15 is 0 Å². The van der Waals surface area contributed by atoms with Gasteiger partial charge < -0.3 is 10.4 Å². The Morgan fingerprint density at radius 1 is 0.968 bits per heavy atom. The van der Waals surface area contributed by atoms with Crippen LogP contribution in [0.5, 0.6) is 0 Å². The van der Waals surface area contributed by atoms with E-state index in [2.05, 4.69) is 39.5 Å². The third-order valence-corrected chi connectivity index (χ3v) is 6.77. The van der Waals surface area contributed by atoms with Crippen molar-refractivity contribution in [3.8, 4) is 11.4 Å². The summed E-state index contributed by atoms with van der Waals surface area (Å²) in [5, 5.41) is 12.7. The van der Waals surface area contributed by atoms with Crippen molar-refractivity contribution in [3.63, 3.8) is 0 Å². The molecule has 2 aromatic heterocycles. The third-order valence-electron chi connectivity index (χ3n) is 6.77. The topological polar surface area (TPSA) is 74.2 Å². The van der Waals surface area contributed by atoms with Crippen LogP contribution in [0.15, 0.2) is 54.9 Å². The molecule has 0 bridgehead atoms.